The highest BCUT2D eigenvalue weighted by Gasteiger charge is 2.13. The molecule has 3 N–H and O–H groups in total. The predicted molar refractivity (Wildman–Crippen MR) is 78.3 cm³/mol. The van der Waals surface area contributed by atoms with Crippen LogP contribution in [0.1, 0.15) is 38.3 Å². The molecule has 2 unspecified atom stereocenters. The minimum atomic E-state index is 0.185. The molecular weight excluding hydrogens is 335 g/mol. The molecule has 2 atom stereocenters. The van der Waals surface area contributed by atoms with Crippen molar-refractivity contribution in [3.63, 3.8) is 0 Å². The van der Waals surface area contributed by atoms with Gasteiger partial charge in [-0.25, -0.2) is 0 Å². The number of nitrogens with two attached hydrogens (primary N) is 1. The van der Waals surface area contributed by atoms with Crippen molar-refractivity contribution in [2.45, 2.75) is 32.7 Å². The highest BCUT2D eigenvalue weighted by molar-refractivity contribution is 14.1. The topological polar surface area (TPSA) is 38.0 Å². The summed E-state index contributed by atoms with van der Waals surface area (Å²) in [6.07, 6.45) is 2.19. The van der Waals surface area contributed by atoms with Gasteiger partial charge in [-0.15, -0.1) is 0 Å². The van der Waals surface area contributed by atoms with Crippen LogP contribution in [-0.2, 0) is 0 Å². The Hall–Kier alpha value is 0.160. The van der Waals surface area contributed by atoms with Gasteiger partial charge in [-0.3, -0.25) is 11.3 Å². The van der Waals surface area contributed by atoms with Crippen LogP contribution in [0.25, 0.3) is 0 Å². The van der Waals surface area contributed by atoms with Crippen molar-refractivity contribution in [3.8, 4) is 0 Å². The zero-order valence-corrected chi connectivity index (χ0v) is 12.5. The van der Waals surface area contributed by atoms with Gasteiger partial charge < -0.3 is 0 Å². The van der Waals surface area contributed by atoms with E-state index in [0.717, 1.165) is 27.0 Å². The van der Waals surface area contributed by atoms with Gasteiger partial charge in [0.05, 0.1) is 5.02 Å². The molecule has 0 aromatic heterocycles. The van der Waals surface area contributed by atoms with E-state index in [1.165, 1.54) is 0 Å². The first-order chi connectivity index (χ1) is 7.58. The minimum Gasteiger partial charge on any atom is -0.271 e. The largest absolute Gasteiger partial charge is 0.271 e. The fourth-order valence-corrected chi connectivity index (χ4v) is 2.12. The second-order valence-corrected chi connectivity index (χ2v) is 5.71. The lowest BCUT2D eigenvalue weighted by Crippen LogP contribution is -2.29. The van der Waals surface area contributed by atoms with Crippen molar-refractivity contribution in [3.05, 3.63) is 32.4 Å². The van der Waals surface area contributed by atoms with E-state index in [4.69, 9.17) is 17.4 Å². The van der Waals surface area contributed by atoms with Crippen LogP contribution in [-0.4, -0.2) is 0 Å². The van der Waals surface area contributed by atoms with Gasteiger partial charge in [0.15, 0.2) is 0 Å². The maximum atomic E-state index is 6.11. The average Bonchev–Trinajstić information content (AvgIpc) is 2.29. The normalized spacial score (nSPS) is 14.8. The van der Waals surface area contributed by atoms with E-state index in [9.17, 15) is 0 Å². The summed E-state index contributed by atoms with van der Waals surface area (Å²) in [6, 6.07) is 6.29. The lowest BCUT2D eigenvalue weighted by atomic mass is 9.95. The van der Waals surface area contributed by atoms with Crippen LogP contribution >= 0.6 is 34.2 Å². The van der Waals surface area contributed by atoms with E-state index in [-0.39, 0.29) is 6.04 Å². The summed E-state index contributed by atoms with van der Waals surface area (Å²) in [7, 11) is 0. The van der Waals surface area contributed by atoms with Gasteiger partial charge in [0, 0.05) is 9.61 Å². The summed E-state index contributed by atoms with van der Waals surface area (Å²) in [6.45, 7) is 4.43. The van der Waals surface area contributed by atoms with E-state index >= 15 is 0 Å². The highest BCUT2D eigenvalue weighted by Crippen LogP contribution is 2.27. The number of nitrogens with one attached hydrogen (secondary N) is 1. The summed E-state index contributed by atoms with van der Waals surface area (Å²) < 4.78 is 1.07. The van der Waals surface area contributed by atoms with Gasteiger partial charge in [-0.1, -0.05) is 37.9 Å². The van der Waals surface area contributed by atoms with Crippen molar-refractivity contribution in [2.24, 2.45) is 11.8 Å². The molecule has 0 bridgehead atoms. The van der Waals surface area contributed by atoms with Gasteiger partial charge >= 0.3 is 0 Å². The summed E-state index contributed by atoms with van der Waals surface area (Å²) in [5.74, 6) is 6.25. The maximum absolute atomic E-state index is 6.11. The van der Waals surface area contributed by atoms with Gasteiger partial charge in [0.25, 0.3) is 0 Å². The van der Waals surface area contributed by atoms with E-state index in [0.29, 0.717) is 5.92 Å². The zero-order chi connectivity index (χ0) is 12.1. The minimum absolute atomic E-state index is 0.185. The third kappa shape index (κ3) is 3.87. The van der Waals surface area contributed by atoms with E-state index in [2.05, 4.69) is 47.9 Å². The molecule has 1 rings (SSSR count). The molecule has 0 aliphatic rings. The number of benzene rings is 1. The fraction of sp³-hybridized carbons (Fsp3) is 0.500. The summed E-state index contributed by atoms with van der Waals surface area (Å²) >= 11 is 8.33. The molecule has 16 heavy (non-hydrogen) atoms. The number of halogens is 2. The molecular formula is C12H18ClIN2. The number of hydrogen-bond acceptors (Lipinski definition) is 2. The Morgan fingerprint density at radius 1 is 1.50 bits per heavy atom. The molecule has 0 saturated carbocycles. The van der Waals surface area contributed by atoms with E-state index < -0.39 is 0 Å². The van der Waals surface area contributed by atoms with Crippen molar-refractivity contribution in [2.75, 3.05) is 0 Å². The molecule has 90 valence electrons. The first-order valence-electron chi connectivity index (χ1n) is 5.49. The second-order valence-electron chi connectivity index (χ2n) is 4.14. The van der Waals surface area contributed by atoms with Crippen LogP contribution in [0.4, 0.5) is 0 Å². The number of rotatable bonds is 5. The first kappa shape index (κ1) is 14.2. The van der Waals surface area contributed by atoms with E-state index in [1.54, 1.807) is 0 Å². The average molecular weight is 353 g/mol. The third-order valence-electron chi connectivity index (χ3n) is 2.88. The highest BCUT2D eigenvalue weighted by atomic mass is 127. The van der Waals surface area contributed by atoms with Crippen molar-refractivity contribution >= 4 is 34.2 Å². The monoisotopic (exact) mass is 352 g/mol. The fourth-order valence-electron chi connectivity index (χ4n) is 1.60. The Morgan fingerprint density at radius 3 is 2.69 bits per heavy atom. The SMILES string of the molecule is CCC(C)CC(NN)c1ccc(I)c(Cl)c1. The van der Waals surface area contributed by atoms with Gasteiger partial charge in [-0.2, -0.15) is 0 Å². The van der Waals surface area contributed by atoms with Crippen LogP contribution in [0.3, 0.4) is 0 Å². The smallest absolute Gasteiger partial charge is 0.0542 e. The van der Waals surface area contributed by atoms with Crippen LogP contribution in [0.2, 0.25) is 5.02 Å². The third-order valence-corrected chi connectivity index (χ3v) is 4.45. The van der Waals surface area contributed by atoms with Crippen molar-refractivity contribution in [1.29, 1.82) is 0 Å². The molecule has 0 fully saturated rings. The Labute approximate surface area is 116 Å². The molecule has 0 amide bonds. The molecule has 0 aliphatic carbocycles. The van der Waals surface area contributed by atoms with E-state index in [1.807, 2.05) is 12.1 Å². The standard InChI is InChI=1S/C12H18ClIN2/c1-3-8(2)6-12(16-15)9-4-5-11(14)10(13)7-9/h4-5,7-8,12,16H,3,6,15H2,1-2H3. The maximum Gasteiger partial charge on any atom is 0.0542 e. The molecule has 0 radical (unpaired) electrons. The Balaban J connectivity index is 2.82. The van der Waals surface area contributed by atoms with Gasteiger partial charge in [0.2, 0.25) is 0 Å². The van der Waals surface area contributed by atoms with Crippen molar-refractivity contribution < 1.29 is 0 Å². The zero-order valence-electron chi connectivity index (χ0n) is 9.63. The molecule has 0 saturated heterocycles. The number of hydrazine groups is 1. The summed E-state index contributed by atoms with van der Waals surface area (Å²) in [5.41, 5.74) is 4.03. The lowest BCUT2D eigenvalue weighted by molar-refractivity contribution is 0.408. The number of hydrogen-bond donors (Lipinski definition) is 2. The van der Waals surface area contributed by atoms with Crippen LogP contribution in [0, 0.1) is 9.49 Å². The Kier molecular flexibility index (Phi) is 6.03. The molecule has 0 aliphatic heterocycles. The lowest BCUT2D eigenvalue weighted by Gasteiger charge is -2.20. The second kappa shape index (κ2) is 6.79. The Bertz CT molecular complexity index is 344. The first-order valence-corrected chi connectivity index (χ1v) is 6.95. The quantitative estimate of drug-likeness (QED) is 0.479. The van der Waals surface area contributed by atoms with Gasteiger partial charge in [-0.05, 0) is 52.6 Å². The molecule has 1 aromatic rings. The molecule has 2 nitrogen and oxygen atoms in total. The van der Waals surface area contributed by atoms with Crippen LogP contribution < -0.4 is 11.3 Å². The van der Waals surface area contributed by atoms with Gasteiger partial charge in [0.1, 0.15) is 0 Å². The summed E-state index contributed by atoms with van der Waals surface area (Å²) in [4.78, 5) is 0. The van der Waals surface area contributed by atoms with Crippen LogP contribution in [0.15, 0.2) is 18.2 Å². The molecule has 0 heterocycles. The molecule has 0 spiro atoms. The molecule has 1 aromatic carbocycles. The Morgan fingerprint density at radius 2 is 2.19 bits per heavy atom. The summed E-state index contributed by atoms with van der Waals surface area (Å²) in [5, 5.41) is 0.794. The van der Waals surface area contributed by atoms with Crippen molar-refractivity contribution in [1.82, 2.24) is 5.43 Å². The molecule has 4 heteroatoms. The van der Waals surface area contributed by atoms with Crippen LogP contribution in [0.5, 0.6) is 0 Å². The predicted octanol–water partition coefficient (Wildman–Crippen LogP) is 3.89.